The lowest BCUT2D eigenvalue weighted by Crippen LogP contribution is -2.20. The number of aryl methyl sites for hydroxylation is 1. The first-order valence-electron chi connectivity index (χ1n) is 5.85. The SMILES string of the molecule is Cc1nc(-c2c(N)nsc2NCCOCC(N)=O)cs1. The fourth-order valence-corrected chi connectivity index (χ4v) is 2.91. The Balaban J connectivity index is 1.97. The molecule has 0 aliphatic rings. The van der Waals surface area contributed by atoms with Crippen molar-refractivity contribution < 1.29 is 9.53 Å². The van der Waals surface area contributed by atoms with Gasteiger partial charge >= 0.3 is 0 Å². The fourth-order valence-electron chi connectivity index (χ4n) is 1.56. The van der Waals surface area contributed by atoms with Crippen molar-refractivity contribution in [3.05, 3.63) is 10.4 Å². The molecule has 0 bridgehead atoms. The van der Waals surface area contributed by atoms with Crippen molar-refractivity contribution in [3.63, 3.8) is 0 Å². The van der Waals surface area contributed by atoms with Crippen LogP contribution in [0.3, 0.4) is 0 Å². The van der Waals surface area contributed by atoms with Gasteiger partial charge in [0, 0.05) is 11.9 Å². The summed E-state index contributed by atoms with van der Waals surface area (Å²) in [7, 11) is 0. The average molecular weight is 313 g/mol. The highest BCUT2D eigenvalue weighted by molar-refractivity contribution is 7.11. The number of aromatic nitrogens is 2. The number of hydrogen-bond acceptors (Lipinski definition) is 8. The smallest absolute Gasteiger partial charge is 0.243 e. The van der Waals surface area contributed by atoms with Crippen LogP contribution in [0, 0.1) is 6.92 Å². The van der Waals surface area contributed by atoms with E-state index in [0.717, 1.165) is 21.3 Å². The Hall–Kier alpha value is -1.71. The van der Waals surface area contributed by atoms with Crippen LogP contribution in [0.2, 0.25) is 0 Å². The van der Waals surface area contributed by atoms with Gasteiger partial charge in [0.2, 0.25) is 5.91 Å². The summed E-state index contributed by atoms with van der Waals surface area (Å²) in [5.74, 6) is -0.0217. The molecule has 5 N–H and O–H groups in total. The van der Waals surface area contributed by atoms with E-state index in [1.54, 1.807) is 11.3 Å². The van der Waals surface area contributed by atoms with Gasteiger partial charge in [-0.25, -0.2) is 4.98 Å². The zero-order valence-electron chi connectivity index (χ0n) is 10.9. The molecule has 20 heavy (non-hydrogen) atoms. The van der Waals surface area contributed by atoms with Crippen molar-refractivity contribution in [3.8, 4) is 11.3 Å². The second-order valence-corrected chi connectivity index (χ2v) is 5.81. The molecule has 0 atom stereocenters. The van der Waals surface area contributed by atoms with E-state index in [1.807, 2.05) is 12.3 Å². The van der Waals surface area contributed by atoms with Crippen molar-refractivity contribution in [1.82, 2.24) is 9.36 Å². The first-order valence-corrected chi connectivity index (χ1v) is 7.51. The number of nitrogens with zero attached hydrogens (tertiary/aromatic N) is 2. The van der Waals surface area contributed by atoms with Crippen LogP contribution in [-0.4, -0.2) is 35.0 Å². The number of rotatable bonds is 7. The Kier molecular flexibility index (Phi) is 4.88. The maximum atomic E-state index is 10.5. The van der Waals surface area contributed by atoms with Gasteiger partial charge in [0.25, 0.3) is 0 Å². The molecule has 7 nitrogen and oxygen atoms in total. The maximum absolute atomic E-state index is 10.5. The van der Waals surface area contributed by atoms with Crippen LogP contribution in [-0.2, 0) is 9.53 Å². The van der Waals surface area contributed by atoms with E-state index in [9.17, 15) is 4.79 Å². The molecule has 108 valence electrons. The summed E-state index contributed by atoms with van der Waals surface area (Å²) in [6.07, 6.45) is 0. The van der Waals surface area contributed by atoms with E-state index in [0.29, 0.717) is 19.0 Å². The third kappa shape index (κ3) is 3.65. The fraction of sp³-hybridized carbons (Fsp3) is 0.364. The first-order chi connectivity index (χ1) is 9.58. The molecule has 0 saturated carbocycles. The van der Waals surface area contributed by atoms with Crippen LogP contribution in [0.15, 0.2) is 5.38 Å². The third-order valence-corrected chi connectivity index (χ3v) is 3.96. The number of anilines is 2. The number of ether oxygens (including phenoxy) is 1. The summed E-state index contributed by atoms with van der Waals surface area (Å²) in [5, 5.41) is 6.94. The number of carbonyl (C=O) groups is 1. The van der Waals surface area contributed by atoms with Gasteiger partial charge in [-0.3, -0.25) is 4.79 Å². The zero-order valence-corrected chi connectivity index (χ0v) is 12.5. The zero-order chi connectivity index (χ0) is 14.5. The van der Waals surface area contributed by atoms with Crippen molar-refractivity contribution in [2.75, 3.05) is 30.8 Å². The van der Waals surface area contributed by atoms with Gasteiger partial charge < -0.3 is 21.5 Å². The van der Waals surface area contributed by atoms with Crippen LogP contribution in [0.1, 0.15) is 5.01 Å². The van der Waals surface area contributed by atoms with Gasteiger partial charge in [0.05, 0.1) is 22.9 Å². The summed E-state index contributed by atoms with van der Waals surface area (Å²) in [4.78, 5) is 14.9. The van der Waals surface area contributed by atoms with E-state index in [-0.39, 0.29) is 6.61 Å². The van der Waals surface area contributed by atoms with E-state index >= 15 is 0 Å². The second kappa shape index (κ2) is 6.64. The summed E-state index contributed by atoms with van der Waals surface area (Å²) < 4.78 is 9.21. The Morgan fingerprint density at radius 2 is 2.35 bits per heavy atom. The van der Waals surface area contributed by atoms with Crippen LogP contribution in [0.4, 0.5) is 10.8 Å². The summed E-state index contributed by atoms with van der Waals surface area (Å²) >= 11 is 2.84. The van der Waals surface area contributed by atoms with Crippen molar-refractivity contribution in [2.24, 2.45) is 5.73 Å². The molecule has 0 aliphatic heterocycles. The minimum Gasteiger partial charge on any atom is -0.382 e. The average Bonchev–Trinajstić information content (AvgIpc) is 2.95. The maximum Gasteiger partial charge on any atom is 0.243 e. The number of hydrogen-bond donors (Lipinski definition) is 3. The normalized spacial score (nSPS) is 10.7. The Bertz CT molecular complexity index is 595. The molecule has 1 amide bonds. The lowest BCUT2D eigenvalue weighted by molar-refractivity contribution is -0.122. The molecule has 2 aromatic heterocycles. The van der Waals surface area contributed by atoms with E-state index in [2.05, 4.69) is 14.7 Å². The summed E-state index contributed by atoms with van der Waals surface area (Å²) in [6.45, 7) is 2.76. The summed E-state index contributed by atoms with van der Waals surface area (Å²) in [6, 6.07) is 0. The Labute approximate surface area is 124 Å². The lowest BCUT2D eigenvalue weighted by atomic mass is 10.2. The minimum atomic E-state index is -0.481. The van der Waals surface area contributed by atoms with Gasteiger partial charge in [-0.1, -0.05) is 0 Å². The first kappa shape index (κ1) is 14.7. The second-order valence-electron chi connectivity index (χ2n) is 3.97. The molecule has 0 aliphatic carbocycles. The number of nitrogens with one attached hydrogen (secondary N) is 1. The molecular weight excluding hydrogens is 298 g/mol. The molecule has 0 aromatic carbocycles. The number of primary amides is 1. The van der Waals surface area contributed by atoms with E-state index in [4.69, 9.17) is 16.2 Å². The number of nitrogen functional groups attached to an aromatic ring is 1. The highest BCUT2D eigenvalue weighted by Crippen LogP contribution is 2.36. The van der Waals surface area contributed by atoms with Crippen LogP contribution >= 0.6 is 22.9 Å². The predicted molar refractivity (Wildman–Crippen MR) is 80.9 cm³/mol. The molecule has 0 saturated heterocycles. The van der Waals surface area contributed by atoms with Crippen LogP contribution < -0.4 is 16.8 Å². The van der Waals surface area contributed by atoms with Crippen molar-refractivity contribution >= 4 is 39.6 Å². The Morgan fingerprint density at radius 3 is 3.00 bits per heavy atom. The standard InChI is InChI=1S/C11H15N5O2S2/c1-6-15-7(5-19-6)9-10(13)16-20-11(9)14-2-3-18-4-8(12)17/h5,14H,2-4H2,1H3,(H2,12,17)(H2,13,16). The van der Waals surface area contributed by atoms with Gasteiger partial charge in [-0.15, -0.1) is 11.3 Å². The predicted octanol–water partition coefficient (Wildman–Crippen LogP) is 1.07. The van der Waals surface area contributed by atoms with Gasteiger partial charge in [0.15, 0.2) is 0 Å². The molecule has 0 radical (unpaired) electrons. The lowest BCUT2D eigenvalue weighted by Gasteiger charge is -2.05. The summed E-state index contributed by atoms with van der Waals surface area (Å²) in [5.41, 5.74) is 12.5. The number of thiazole rings is 1. The van der Waals surface area contributed by atoms with Crippen molar-refractivity contribution in [2.45, 2.75) is 6.92 Å². The molecule has 0 spiro atoms. The number of nitrogens with two attached hydrogens (primary N) is 2. The molecule has 0 fully saturated rings. The van der Waals surface area contributed by atoms with E-state index in [1.165, 1.54) is 11.5 Å². The minimum absolute atomic E-state index is 0.0787. The van der Waals surface area contributed by atoms with E-state index < -0.39 is 5.91 Å². The molecule has 2 aromatic rings. The Morgan fingerprint density at radius 1 is 1.55 bits per heavy atom. The third-order valence-electron chi connectivity index (χ3n) is 2.37. The van der Waals surface area contributed by atoms with Crippen LogP contribution in [0.5, 0.6) is 0 Å². The highest BCUT2D eigenvalue weighted by atomic mass is 32.1. The topological polar surface area (TPSA) is 116 Å². The van der Waals surface area contributed by atoms with Crippen LogP contribution in [0.25, 0.3) is 11.3 Å². The molecule has 0 unspecified atom stereocenters. The van der Waals surface area contributed by atoms with Gasteiger partial charge in [-0.05, 0) is 18.5 Å². The molecule has 2 heterocycles. The molecule has 2 rings (SSSR count). The van der Waals surface area contributed by atoms with Gasteiger partial charge in [-0.2, -0.15) is 4.37 Å². The van der Waals surface area contributed by atoms with Crippen molar-refractivity contribution in [1.29, 1.82) is 0 Å². The number of amides is 1. The molecule has 9 heteroatoms. The molecular formula is C11H15N5O2S2. The quantitative estimate of drug-likeness (QED) is 0.658. The van der Waals surface area contributed by atoms with Gasteiger partial charge in [0.1, 0.15) is 17.4 Å². The number of carbonyl (C=O) groups excluding carboxylic acids is 1. The monoisotopic (exact) mass is 313 g/mol. The highest BCUT2D eigenvalue weighted by Gasteiger charge is 2.15. The largest absolute Gasteiger partial charge is 0.382 e.